The van der Waals surface area contributed by atoms with Gasteiger partial charge in [0.15, 0.2) is 16.4 Å². The molecule has 1 amide bonds. The molecule has 1 fully saturated rings. The summed E-state index contributed by atoms with van der Waals surface area (Å²) in [6.45, 7) is 1.91. The molecule has 1 saturated heterocycles. The maximum atomic E-state index is 14.0. The molecule has 1 unspecified atom stereocenters. The molecule has 7 heterocycles. The minimum absolute atomic E-state index is 0.0715. The fraction of sp³-hybridized carbons (Fsp3) is 0.343. The summed E-state index contributed by atoms with van der Waals surface area (Å²) in [6, 6.07) is 5.51. The van der Waals surface area contributed by atoms with E-state index in [0.717, 1.165) is 10.7 Å². The number of nitrogens with one attached hydrogen (secondary N) is 2. The van der Waals surface area contributed by atoms with E-state index in [1.165, 1.54) is 11.2 Å². The first kappa shape index (κ1) is 34.2. The van der Waals surface area contributed by atoms with Gasteiger partial charge in [0.05, 0.1) is 39.5 Å². The summed E-state index contributed by atoms with van der Waals surface area (Å²) in [6.07, 6.45) is 11.1. The summed E-state index contributed by atoms with van der Waals surface area (Å²) in [7, 11) is -3.85. The number of carbonyl (C=O) groups excluding carboxylic acids is 1. The van der Waals surface area contributed by atoms with E-state index in [0.29, 0.717) is 53.5 Å². The zero-order valence-corrected chi connectivity index (χ0v) is 28.5. The normalized spacial score (nSPS) is 21.8. The van der Waals surface area contributed by atoms with Crippen molar-refractivity contribution in [2.24, 2.45) is 9.98 Å². The van der Waals surface area contributed by atoms with Crippen LogP contribution in [0.1, 0.15) is 38.8 Å². The van der Waals surface area contributed by atoms with Crippen LogP contribution in [0.4, 0.5) is 18.0 Å². The second-order valence-electron chi connectivity index (χ2n) is 12.9. The third-order valence-corrected chi connectivity index (χ3v) is 11.1. The lowest BCUT2D eigenvalue weighted by Crippen LogP contribution is -2.43. The van der Waals surface area contributed by atoms with Crippen molar-refractivity contribution in [3.63, 3.8) is 0 Å². The number of hydrogen-bond donors (Lipinski definition) is 2. The Bertz CT molecular complexity index is 2220. The van der Waals surface area contributed by atoms with Gasteiger partial charge in [-0.15, -0.1) is 0 Å². The minimum Gasteiger partial charge on any atom is -0.474 e. The lowest BCUT2D eigenvalue weighted by Gasteiger charge is -2.32. The number of halogens is 3. The quantitative estimate of drug-likeness (QED) is 0.459. The molecular weight excluding hydrogens is 687 g/mol. The second kappa shape index (κ2) is 13.1. The van der Waals surface area contributed by atoms with Gasteiger partial charge in [-0.1, -0.05) is 6.08 Å². The first-order valence-electron chi connectivity index (χ1n) is 16.4. The minimum atomic E-state index is -4.61. The number of piperidine rings is 1. The number of aromatic nitrogens is 3. The molecule has 16 heteroatoms. The molecule has 2 aromatic rings. The highest BCUT2D eigenvalue weighted by Gasteiger charge is 2.41. The standard InChI is InChI=1S/C35H34F3N7O5S/c1-21(2)51(47,48)32-28-8-7-25(43-28)16-23-4-3-22(41-23)15-24-5-6-26(42-24)18-34(12-9-29(32)44-34)30-17-31(40-20-39-30)50-27-10-13-45(14-11-27)33(46)49-19-35(36,37)38/h3-9,15-18,20-21,27,41,44H,10-14,19H2,1-2H3. The van der Waals surface area contributed by atoms with Crippen LogP contribution in [0.25, 0.3) is 12.2 Å². The molecule has 0 aromatic carbocycles. The van der Waals surface area contributed by atoms with Crippen LogP contribution in [0.3, 0.4) is 0 Å². The number of ether oxygens (including phenoxy) is 2. The van der Waals surface area contributed by atoms with Crippen molar-refractivity contribution in [1.82, 2.24) is 25.2 Å². The molecule has 5 aliphatic rings. The number of allylic oxidation sites excluding steroid dienone is 4. The van der Waals surface area contributed by atoms with Crippen LogP contribution in [-0.2, 0) is 20.1 Å². The van der Waals surface area contributed by atoms with E-state index in [2.05, 4.69) is 25.0 Å². The Morgan fingerprint density at radius 2 is 1.75 bits per heavy atom. The summed E-state index contributed by atoms with van der Waals surface area (Å²) >= 11 is 0. The number of carbonyl (C=O) groups is 1. The molecule has 7 rings (SSSR count). The van der Waals surface area contributed by atoms with Crippen molar-refractivity contribution in [2.45, 2.75) is 56.2 Å². The number of aliphatic imine (C=N–C) groups is 2. The highest BCUT2D eigenvalue weighted by molar-refractivity contribution is 7.96. The number of hydrogen-bond acceptors (Lipinski definition) is 10. The molecule has 5 aliphatic heterocycles. The summed E-state index contributed by atoms with van der Waals surface area (Å²) in [5.41, 5.74) is 2.03. The summed E-state index contributed by atoms with van der Waals surface area (Å²) in [5, 5.41) is 4.38. The van der Waals surface area contributed by atoms with E-state index in [9.17, 15) is 26.4 Å². The Kier molecular flexibility index (Phi) is 8.81. The number of H-pyrrole nitrogens is 1. The molecule has 0 aliphatic carbocycles. The second-order valence-corrected chi connectivity index (χ2v) is 15.3. The zero-order chi connectivity index (χ0) is 36.0. The maximum Gasteiger partial charge on any atom is 0.422 e. The van der Waals surface area contributed by atoms with Gasteiger partial charge in [0, 0.05) is 49.1 Å². The predicted octanol–water partition coefficient (Wildman–Crippen LogP) is 3.63. The van der Waals surface area contributed by atoms with Gasteiger partial charge in [0.1, 0.15) is 22.9 Å². The molecule has 2 aromatic heterocycles. The first-order chi connectivity index (χ1) is 24.3. The van der Waals surface area contributed by atoms with E-state index in [1.807, 2.05) is 48.6 Å². The fourth-order valence-corrected chi connectivity index (χ4v) is 7.60. The lowest BCUT2D eigenvalue weighted by atomic mass is 9.91. The number of sulfone groups is 1. The largest absolute Gasteiger partial charge is 0.474 e. The van der Waals surface area contributed by atoms with E-state index in [-0.39, 0.29) is 30.0 Å². The smallest absolute Gasteiger partial charge is 0.422 e. The zero-order valence-electron chi connectivity index (χ0n) is 27.6. The van der Waals surface area contributed by atoms with Crippen LogP contribution in [0.2, 0.25) is 0 Å². The van der Waals surface area contributed by atoms with Gasteiger partial charge in [-0.2, -0.15) is 13.2 Å². The number of alkyl halides is 3. The van der Waals surface area contributed by atoms with Gasteiger partial charge >= 0.3 is 12.3 Å². The van der Waals surface area contributed by atoms with E-state index >= 15 is 0 Å². The molecule has 266 valence electrons. The van der Waals surface area contributed by atoms with Crippen LogP contribution in [0, 0.1) is 0 Å². The Hall–Kier alpha value is -5.25. The van der Waals surface area contributed by atoms with Gasteiger partial charge < -0.3 is 24.7 Å². The van der Waals surface area contributed by atoms with Crippen molar-refractivity contribution in [3.8, 4) is 5.88 Å². The first-order valence-corrected chi connectivity index (χ1v) is 17.9. The molecule has 51 heavy (non-hydrogen) atoms. The monoisotopic (exact) mass is 721 g/mol. The topological polar surface area (TPSA) is 151 Å². The van der Waals surface area contributed by atoms with Gasteiger partial charge in [0.2, 0.25) is 5.88 Å². The average molecular weight is 722 g/mol. The van der Waals surface area contributed by atoms with Crippen molar-refractivity contribution in [1.29, 1.82) is 0 Å². The molecule has 12 nitrogen and oxygen atoms in total. The molecule has 8 bridgehead atoms. The number of nitrogens with zero attached hydrogens (tertiary/aromatic N) is 5. The third-order valence-electron chi connectivity index (χ3n) is 8.89. The van der Waals surface area contributed by atoms with Crippen molar-refractivity contribution in [3.05, 3.63) is 99.4 Å². The summed E-state index contributed by atoms with van der Waals surface area (Å²) in [4.78, 5) is 35.2. The number of likely N-dealkylation sites (tertiary alicyclic amines) is 1. The van der Waals surface area contributed by atoms with Crippen LogP contribution in [0.5, 0.6) is 5.88 Å². The van der Waals surface area contributed by atoms with Crippen molar-refractivity contribution in [2.75, 3.05) is 19.7 Å². The molecular formula is C35H34F3N7O5S. The number of aromatic amines is 1. The maximum absolute atomic E-state index is 14.0. The van der Waals surface area contributed by atoms with Crippen LogP contribution in [0.15, 0.2) is 93.0 Å². The summed E-state index contributed by atoms with van der Waals surface area (Å²) < 4.78 is 76.0. The summed E-state index contributed by atoms with van der Waals surface area (Å²) in [5.74, 6) is 0.243. The van der Waals surface area contributed by atoms with Gasteiger partial charge in [-0.3, -0.25) is 0 Å². The molecule has 1 atom stereocenters. The molecule has 0 spiro atoms. The highest BCUT2D eigenvalue weighted by Crippen LogP contribution is 2.40. The van der Waals surface area contributed by atoms with Gasteiger partial charge in [0.25, 0.3) is 0 Å². The average Bonchev–Trinajstić information content (AvgIpc) is 3.90. The highest BCUT2D eigenvalue weighted by atomic mass is 32.2. The Balaban J connectivity index is 1.22. The van der Waals surface area contributed by atoms with E-state index in [4.69, 9.17) is 14.7 Å². The molecule has 2 N–H and O–H groups in total. The molecule has 0 saturated carbocycles. The van der Waals surface area contributed by atoms with Gasteiger partial charge in [-0.25, -0.2) is 33.2 Å². The SMILES string of the molecule is CC(C)S(=O)(=O)C1=C2C=CC(=N2)C=c2ccc([nH]2)=CC2=NC(=CC3(c4cc(OC5CCN(C(=O)OCC(F)(F)F)CC5)ncn4)CC=C1N3)C=C2. The Morgan fingerprint density at radius 1 is 1.04 bits per heavy atom. The van der Waals surface area contributed by atoms with Crippen LogP contribution >= 0.6 is 0 Å². The fourth-order valence-electron chi connectivity index (χ4n) is 6.28. The third kappa shape index (κ3) is 7.31. The number of rotatable bonds is 6. The van der Waals surface area contributed by atoms with Crippen molar-refractivity contribution >= 4 is 39.5 Å². The lowest BCUT2D eigenvalue weighted by molar-refractivity contribution is -0.162. The van der Waals surface area contributed by atoms with Crippen molar-refractivity contribution < 1.29 is 35.9 Å². The molecule has 0 radical (unpaired) electrons. The predicted molar refractivity (Wildman–Crippen MR) is 183 cm³/mol. The Labute approximate surface area is 291 Å². The van der Waals surface area contributed by atoms with Gasteiger partial charge in [-0.05, 0) is 68.5 Å². The van der Waals surface area contributed by atoms with Crippen LogP contribution < -0.4 is 20.8 Å². The number of amides is 1. The van der Waals surface area contributed by atoms with Crippen LogP contribution in [-0.4, -0.2) is 83.0 Å². The Morgan fingerprint density at radius 3 is 2.45 bits per heavy atom. The van der Waals surface area contributed by atoms with E-state index < -0.39 is 39.5 Å². The van der Waals surface area contributed by atoms with E-state index in [1.54, 1.807) is 32.1 Å². The number of fused-ring (bicyclic) bond motifs is 6.